The van der Waals surface area contributed by atoms with Crippen molar-refractivity contribution in [3.8, 4) is 22.6 Å². The van der Waals surface area contributed by atoms with Gasteiger partial charge in [-0.05, 0) is 54.3 Å². The van der Waals surface area contributed by atoms with Gasteiger partial charge in [-0.3, -0.25) is 19.9 Å². The van der Waals surface area contributed by atoms with Crippen LogP contribution in [0.1, 0.15) is 39.7 Å². The number of hydrogen-bond acceptors (Lipinski definition) is 5. The van der Waals surface area contributed by atoms with E-state index in [-0.39, 0.29) is 23.7 Å². The minimum absolute atomic E-state index is 0.0105. The molecular weight excluding hydrogens is 493 g/mol. The highest BCUT2D eigenvalue weighted by Crippen LogP contribution is 2.32. The van der Waals surface area contributed by atoms with Gasteiger partial charge in [0.15, 0.2) is 5.82 Å². The number of carbonyl (C=O) groups is 1. The number of carbonyl (C=O) groups excluding carboxylic acids is 1. The van der Waals surface area contributed by atoms with Crippen molar-refractivity contribution in [2.75, 3.05) is 0 Å². The number of aliphatic imine (C=N–C) groups is 1. The minimum Gasteiger partial charge on any atom is -0.348 e. The lowest BCUT2D eigenvalue weighted by Gasteiger charge is -2.13. The summed E-state index contributed by atoms with van der Waals surface area (Å²) in [6, 6.07) is 12.3. The Morgan fingerprint density at radius 1 is 1.15 bits per heavy atom. The SMILES string of the molecule is CCC(C=N/C=C(\C)c1ccc2[nH]nc(-c3nc4c(-c5cccc(F)c5)cncc4[nH]3)c2c1)NC(=O)C(C)C. The number of fused-ring (bicyclic) bond motifs is 2. The highest BCUT2D eigenvalue weighted by molar-refractivity contribution is 5.97. The largest absolute Gasteiger partial charge is 0.348 e. The van der Waals surface area contributed by atoms with Crippen molar-refractivity contribution >= 4 is 39.6 Å². The second-order valence-electron chi connectivity index (χ2n) is 9.80. The molecule has 0 spiro atoms. The zero-order valence-electron chi connectivity index (χ0n) is 22.3. The first-order valence-electron chi connectivity index (χ1n) is 12.9. The number of nitrogens with zero attached hydrogens (tertiary/aromatic N) is 4. The normalized spacial score (nSPS) is 13.1. The third kappa shape index (κ3) is 5.47. The van der Waals surface area contributed by atoms with E-state index in [0.717, 1.165) is 39.5 Å². The first kappa shape index (κ1) is 26.0. The molecule has 198 valence electrons. The van der Waals surface area contributed by atoms with Crippen LogP contribution in [0, 0.1) is 11.7 Å². The summed E-state index contributed by atoms with van der Waals surface area (Å²) in [6.07, 6.45) is 7.71. The molecule has 0 aliphatic rings. The second kappa shape index (κ2) is 11.0. The molecule has 0 bridgehead atoms. The molecule has 3 heterocycles. The van der Waals surface area contributed by atoms with Gasteiger partial charge in [-0.1, -0.05) is 39.0 Å². The Morgan fingerprint density at radius 3 is 2.77 bits per heavy atom. The Labute approximate surface area is 225 Å². The van der Waals surface area contributed by atoms with E-state index in [1.165, 1.54) is 12.1 Å². The van der Waals surface area contributed by atoms with Gasteiger partial charge in [-0.2, -0.15) is 5.10 Å². The van der Waals surface area contributed by atoms with E-state index >= 15 is 0 Å². The van der Waals surface area contributed by atoms with Gasteiger partial charge in [0.05, 0.1) is 28.8 Å². The average Bonchev–Trinajstić information content (AvgIpc) is 3.55. The van der Waals surface area contributed by atoms with E-state index in [0.29, 0.717) is 22.6 Å². The number of benzene rings is 2. The van der Waals surface area contributed by atoms with Gasteiger partial charge < -0.3 is 10.3 Å². The van der Waals surface area contributed by atoms with Crippen molar-refractivity contribution in [2.24, 2.45) is 10.9 Å². The number of allylic oxidation sites excluding steroid dienone is 1. The molecule has 3 aromatic heterocycles. The van der Waals surface area contributed by atoms with Gasteiger partial charge in [-0.25, -0.2) is 9.37 Å². The Morgan fingerprint density at radius 2 is 2.00 bits per heavy atom. The van der Waals surface area contributed by atoms with Crippen LogP contribution in [0.15, 0.2) is 66.1 Å². The summed E-state index contributed by atoms with van der Waals surface area (Å²) in [5, 5.41) is 11.5. The third-order valence-electron chi connectivity index (χ3n) is 6.60. The first-order valence-corrected chi connectivity index (χ1v) is 12.9. The fraction of sp³-hybridized carbons (Fsp3) is 0.233. The van der Waals surface area contributed by atoms with Gasteiger partial charge in [0.1, 0.15) is 11.5 Å². The molecule has 0 saturated heterocycles. The van der Waals surface area contributed by atoms with E-state index < -0.39 is 0 Å². The highest BCUT2D eigenvalue weighted by atomic mass is 19.1. The van der Waals surface area contributed by atoms with Crippen LogP contribution in [0.25, 0.3) is 50.2 Å². The first-order chi connectivity index (χ1) is 18.8. The summed E-state index contributed by atoms with van der Waals surface area (Å²) < 4.78 is 13.9. The number of aromatic amines is 2. The Hall–Kier alpha value is -4.66. The van der Waals surface area contributed by atoms with Crippen molar-refractivity contribution in [3.05, 3.63) is 72.4 Å². The molecule has 1 amide bonds. The van der Waals surface area contributed by atoms with Gasteiger partial charge in [-0.15, -0.1) is 0 Å². The summed E-state index contributed by atoms with van der Waals surface area (Å²) >= 11 is 0. The number of H-pyrrole nitrogens is 2. The van der Waals surface area contributed by atoms with Crippen molar-refractivity contribution < 1.29 is 9.18 Å². The van der Waals surface area contributed by atoms with E-state index in [1.54, 1.807) is 30.9 Å². The van der Waals surface area contributed by atoms with Crippen LogP contribution < -0.4 is 5.32 Å². The summed E-state index contributed by atoms with van der Waals surface area (Å²) in [6.45, 7) is 7.74. The minimum atomic E-state index is -0.315. The number of aromatic nitrogens is 5. The Balaban J connectivity index is 1.46. The van der Waals surface area contributed by atoms with Crippen LogP contribution in [0.2, 0.25) is 0 Å². The second-order valence-corrected chi connectivity index (χ2v) is 9.80. The van der Waals surface area contributed by atoms with E-state index in [2.05, 4.69) is 30.5 Å². The number of halogens is 1. The van der Waals surface area contributed by atoms with Crippen molar-refractivity contribution in [1.29, 1.82) is 0 Å². The molecule has 5 rings (SSSR count). The van der Waals surface area contributed by atoms with E-state index in [1.807, 2.05) is 52.0 Å². The number of hydrogen-bond donors (Lipinski definition) is 3. The molecule has 0 radical (unpaired) electrons. The molecule has 9 heteroatoms. The molecule has 0 aliphatic carbocycles. The third-order valence-corrected chi connectivity index (χ3v) is 6.60. The smallest absolute Gasteiger partial charge is 0.223 e. The molecule has 1 atom stereocenters. The van der Waals surface area contributed by atoms with Gasteiger partial charge in [0.25, 0.3) is 0 Å². The molecule has 2 aromatic carbocycles. The highest BCUT2D eigenvalue weighted by Gasteiger charge is 2.16. The van der Waals surface area contributed by atoms with Crippen LogP contribution in [-0.4, -0.2) is 43.3 Å². The van der Waals surface area contributed by atoms with Crippen LogP contribution in [0.4, 0.5) is 4.39 Å². The van der Waals surface area contributed by atoms with E-state index in [4.69, 9.17) is 4.98 Å². The van der Waals surface area contributed by atoms with Crippen molar-refractivity contribution in [2.45, 2.75) is 40.2 Å². The molecule has 0 aliphatic heterocycles. The summed E-state index contributed by atoms with van der Waals surface area (Å²) in [7, 11) is 0. The standard InChI is InChI=1S/C30H30FN7O/c1-5-22(34-30(39)17(2)3)14-32-13-18(4)19-9-10-25-23(12-19)28(38-37-25)29-35-26-16-33-15-24(27(26)36-29)20-7-6-8-21(31)11-20/h6-17,22H,5H2,1-4H3,(H,34,39)(H,35,36)(H,37,38)/b18-13+,32-14?. The van der Waals surface area contributed by atoms with Crippen molar-refractivity contribution in [1.82, 2.24) is 30.5 Å². The zero-order chi connectivity index (χ0) is 27.5. The predicted molar refractivity (Wildman–Crippen MR) is 154 cm³/mol. The summed E-state index contributed by atoms with van der Waals surface area (Å²) in [4.78, 5) is 29.0. The molecule has 8 nitrogen and oxygen atoms in total. The van der Waals surface area contributed by atoms with Crippen LogP contribution in [0.5, 0.6) is 0 Å². The maximum absolute atomic E-state index is 13.9. The van der Waals surface area contributed by atoms with Gasteiger partial charge >= 0.3 is 0 Å². The maximum Gasteiger partial charge on any atom is 0.223 e. The quantitative estimate of drug-likeness (QED) is 0.208. The Bertz CT molecular complexity index is 1710. The topological polar surface area (TPSA) is 112 Å². The number of pyridine rings is 1. The molecular formula is C30H30FN7O. The molecule has 3 N–H and O–H groups in total. The summed E-state index contributed by atoms with van der Waals surface area (Å²) in [5.41, 5.74) is 6.37. The van der Waals surface area contributed by atoms with Gasteiger partial charge in [0, 0.05) is 35.5 Å². The number of amides is 1. The lowest BCUT2D eigenvalue weighted by Crippen LogP contribution is -2.37. The maximum atomic E-state index is 13.9. The molecule has 0 saturated carbocycles. The number of imidazole rings is 1. The Kier molecular flexibility index (Phi) is 7.31. The summed E-state index contributed by atoms with van der Waals surface area (Å²) in [5.74, 6) is 0.211. The molecule has 1 unspecified atom stereocenters. The lowest BCUT2D eigenvalue weighted by molar-refractivity contribution is -0.124. The van der Waals surface area contributed by atoms with Crippen LogP contribution >= 0.6 is 0 Å². The fourth-order valence-corrected chi connectivity index (χ4v) is 4.28. The number of rotatable bonds is 8. The van der Waals surface area contributed by atoms with Crippen LogP contribution in [0.3, 0.4) is 0 Å². The average molecular weight is 524 g/mol. The molecule has 5 aromatic rings. The van der Waals surface area contributed by atoms with Crippen LogP contribution in [-0.2, 0) is 4.79 Å². The van der Waals surface area contributed by atoms with Gasteiger partial charge in [0.2, 0.25) is 5.91 Å². The van der Waals surface area contributed by atoms with Crippen molar-refractivity contribution in [3.63, 3.8) is 0 Å². The monoisotopic (exact) mass is 523 g/mol. The molecule has 39 heavy (non-hydrogen) atoms. The lowest BCUT2D eigenvalue weighted by atomic mass is 10.0. The molecule has 0 fully saturated rings. The fourth-order valence-electron chi connectivity index (χ4n) is 4.28. The zero-order valence-corrected chi connectivity index (χ0v) is 22.3. The predicted octanol–water partition coefficient (Wildman–Crippen LogP) is 6.29. The van der Waals surface area contributed by atoms with E-state index in [9.17, 15) is 9.18 Å². The number of nitrogens with one attached hydrogen (secondary N) is 3.